The molecular formula is C19H24ClN3O2. The second-order valence-electron chi connectivity index (χ2n) is 6.71. The molecule has 0 unspecified atom stereocenters. The molecule has 0 spiro atoms. The Labute approximate surface area is 153 Å². The second-order valence-corrected chi connectivity index (χ2v) is 7.02. The normalized spacial score (nSPS) is 16.0. The SMILES string of the molecule is CN(C)CCN(C)C(=O)Oc1cc2c(c3ccccc13)[C@H](CCl)CN2. The van der Waals surface area contributed by atoms with Crippen LogP contribution in [0.3, 0.4) is 0 Å². The van der Waals surface area contributed by atoms with E-state index in [9.17, 15) is 4.79 Å². The van der Waals surface area contributed by atoms with Gasteiger partial charge in [0.1, 0.15) is 5.75 Å². The molecule has 0 saturated carbocycles. The van der Waals surface area contributed by atoms with Gasteiger partial charge in [0.15, 0.2) is 0 Å². The molecule has 134 valence electrons. The molecule has 25 heavy (non-hydrogen) atoms. The molecule has 6 heteroatoms. The van der Waals surface area contributed by atoms with Gasteiger partial charge in [-0.1, -0.05) is 24.3 Å². The number of hydrogen-bond acceptors (Lipinski definition) is 4. The monoisotopic (exact) mass is 361 g/mol. The number of rotatable bonds is 5. The van der Waals surface area contributed by atoms with Crippen molar-refractivity contribution in [3.05, 3.63) is 35.9 Å². The van der Waals surface area contributed by atoms with Gasteiger partial charge in [-0.05, 0) is 25.0 Å². The summed E-state index contributed by atoms with van der Waals surface area (Å²) in [5, 5.41) is 5.41. The van der Waals surface area contributed by atoms with Gasteiger partial charge in [0.2, 0.25) is 0 Å². The Kier molecular flexibility index (Phi) is 5.35. The van der Waals surface area contributed by atoms with Crippen molar-refractivity contribution in [2.24, 2.45) is 0 Å². The molecule has 2 aromatic carbocycles. The van der Waals surface area contributed by atoms with E-state index in [2.05, 4.69) is 11.4 Å². The maximum atomic E-state index is 12.4. The van der Waals surface area contributed by atoms with Gasteiger partial charge in [-0.15, -0.1) is 11.6 Å². The summed E-state index contributed by atoms with van der Waals surface area (Å²) in [6.45, 7) is 2.21. The zero-order valence-electron chi connectivity index (χ0n) is 14.9. The van der Waals surface area contributed by atoms with E-state index in [4.69, 9.17) is 16.3 Å². The number of ether oxygens (including phenoxy) is 1. The fourth-order valence-electron chi connectivity index (χ4n) is 3.12. The summed E-state index contributed by atoms with van der Waals surface area (Å²) in [4.78, 5) is 16.1. The lowest BCUT2D eigenvalue weighted by Gasteiger charge is -2.20. The molecule has 0 radical (unpaired) electrons. The summed E-state index contributed by atoms with van der Waals surface area (Å²) in [6.07, 6.45) is -0.348. The fraction of sp³-hybridized carbons (Fsp3) is 0.421. The van der Waals surface area contributed by atoms with E-state index in [-0.39, 0.29) is 12.0 Å². The van der Waals surface area contributed by atoms with Crippen molar-refractivity contribution < 1.29 is 9.53 Å². The number of alkyl halides is 1. The molecule has 1 aliphatic heterocycles. The van der Waals surface area contributed by atoms with Crippen LogP contribution in [0, 0.1) is 0 Å². The number of carbonyl (C=O) groups excluding carboxylic acids is 1. The number of carbonyl (C=O) groups is 1. The number of likely N-dealkylation sites (N-methyl/N-ethyl adjacent to an activating group) is 2. The van der Waals surface area contributed by atoms with Crippen molar-refractivity contribution in [1.82, 2.24) is 9.80 Å². The van der Waals surface area contributed by atoms with Crippen LogP contribution in [0.5, 0.6) is 5.75 Å². The summed E-state index contributed by atoms with van der Waals surface area (Å²) in [5.41, 5.74) is 2.22. The molecule has 1 aliphatic rings. The lowest BCUT2D eigenvalue weighted by Crippen LogP contribution is -2.35. The van der Waals surface area contributed by atoms with Crippen LogP contribution in [0.1, 0.15) is 11.5 Å². The quantitative estimate of drug-likeness (QED) is 0.827. The summed E-state index contributed by atoms with van der Waals surface area (Å²) in [7, 11) is 5.71. The van der Waals surface area contributed by atoms with Crippen molar-refractivity contribution in [3.63, 3.8) is 0 Å². The Morgan fingerprint density at radius 2 is 1.96 bits per heavy atom. The van der Waals surface area contributed by atoms with Crippen LogP contribution in [0.25, 0.3) is 10.8 Å². The number of fused-ring (bicyclic) bond motifs is 3. The van der Waals surface area contributed by atoms with Crippen LogP contribution < -0.4 is 10.1 Å². The first-order valence-electron chi connectivity index (χ1n) is 8.44. The molecule has 5 nitrogen and oxygen atoms in total. The molecule has 0 aliphatic carbocycles. The van der Waals surface area contributed by atoms with Gasteiger partial charge < -0.3 is 19.9 Å². The number of hydrogen-bond donors (Lipinski definition) is 1. The van der Waals surface area contributed by atoms with E-state index < -0.39 is 0 Å². The van der Waals surface area contributed by atoms with Crippen molar-refractivity contribution >= 4 is 34.2 Å². The van der Waals surface area contributed by atoms with E-state index in [0.29, 0.717) is 18.2 Å². The van der Waals surface area contributed by atoms with Crippen LogP contribution in [-0.4, -0.2) is 62.6 Å². The summed E-state index contributed by atoms with van der Waals surface area (Å²) in [5.74, 6) is 1.42. The molecule has 1 heterocycles. The van der Waals surface area contributed by atoms with Crippen LogP contribution in [-0.2, 0) is 0 Å². The maximum absolute atomic E-state index is 12.4. The van der Waals surface area contributed by atoms with Crippen molar-refractivity contribution in [3.8, 4) is 5.75 Å². The Morgan fingerprint density at radius 3 is 2.64 bits per heavy atom. The van der Waals surface area contributed by atoms with Crippen LogP contribution in [0.4, 0.5) is 10.5 Å². The highest BCUT2D eigenvalue weighted by Crippen LogP contribution is 2.42. The van der Waals surface area contributed by atoms with Gasteiger partial charge in [-0.3, -0.25) is 0 Å². The van der Waals surface area contributed by atoms with Crippen molar-refractivity contribution in [2.75, 3.05) is 52.0 Å². The van der Waals surface area contributed by atoms with E-state index in [1.54, 1.807) is 11.9 Å². The molecular weight excluding hydrogens is 338 g/mol. The van der Waals surface area contributed by atoms with Crippen molar-refractivity contribution in [2.45, 2.75) is 5.92 Å². The highest BCUT2D eigenvalue weighted by Gasteiger charge is 2.26. The molecule has 0 bridgehead atoms. The average Bonchev–Trinajstić information content (AvgIpc) is 3.02. The number of benzene rings is 2. The number of amides is 1. The zero-order chi connectivity index (χ0) is 18.0. The molecule has 1 amide bonds. The molecule has 0 aromatic heterocycles. The minimum Gasteiger partial charge on any atom is -0.409 e. The minimum absolute atomic E-state index is 0.272. The van der Waals surface area contributed by atoms with Crippen LogP contribution in [0.15, 0.2) is 30.3 Å². The van der Waals surface area contributed by atoms with Gasteiger partial charge in [-0.25, -0.2) is 4.79 Å². The first-order chi connectivity index (χ1) is 12.0. The third-order valence-corrected chi connectivity index (χ3v) is 4.95. The van der Waals surface area contributed by atoms with Gasteiger partial charge in [-0.2, -0.15) is 0 Å². The smallest absolute Gasteiger partial charge is 0.409 e. The topological polar surface area (TPSA) is 44.8 Å². The third-order valence-electron chi connectivity index (χ3n) is 4.57. The number of anilines is 1. The average molecular weight is 362 g/mol. The van der Waals surface area contributed by atoms with E-state index >= 15 is 0 Å². The first-order valence-corrected chi connectivity index (χ1v) is 8.98. The Morgan fingerprint density at radius 1 is 1.24 bits per heavy atom. The molecule has 0 saturated heterocycles. The largest absolute Gasteiger partial charge is 0.415 e. The summed E-state index contributed by atoms with van der Waals surface area (Å²) >= 11 is 6.13. The van der Waals surface area contributed by atoms with E-state index in [1.807, 2.05) is 43.3 Å². The highest BCUT2D eigenvalue weighted by molar-refractivity contribution is 6.18. The highest BCUT2D eigenvalue weighted by atomic mass is 35.5. The van der Waals surface area contributed by atoms with Gasteiger partial charge >= 0.3 is 6.09 Å². The van der Waals surface area contributed by atoms with E-state index in [0.717, 1.165) is 29.5 Å². The fourth-order valence-corrected chi connectivity index (χ4v) is 3.38. The molecule has 0 fully saturated rings. The molecule has 2 aromatic rings. The standard InChI is InChI=1S/C19H24ClN3O2/c1-22(2)8-9-23(3)19(24)25-17-10-16-18(13(11-20)12-21-16)15-7-5-4-6-14(15)17/h4-7,10,13,21H,8-9,11-12H2,1-3H3/t13-/m1/s1. The Balaban J connectivity index is 1.90. The molecule has 1 atom stereocenters. The van der Waals surface area contributed by atoms with Gasteiger partial charge in [0.05, 0.1) is 0 Å². The summed E-state index contributed by atoms with van der Waals surface area (Å²) in [6, 6.07) is 9.93. The number of halogens is 1. The first kappa shape index (κ1) is 17.8. The molecule has 3 rings (SSSR count). The summed E-state index contributed by atoms with van der Waals surface area (Å²) < 4.78 is 5.71. The molecule has 1 N–H and O–H groups in total. The number of nitrogens with zero attached hydrogens (tertiary/aromatic N) is 2. The van der Waals surface area contributed by atoms with Gasteiger partial charge in [0.25, 0.3) is 0 Å². The number of nitrogens with one attached hydrogen (secondary N) is 1. The lowest BCUT2D eigenvalue weighted by atomic mass is 9.95. The maximum Gasteiger partial charge on any atom is 0.415 e. The second kappa shape index (κ2) is 7.50. The van der Waals surface area contributed by atoms with Crippen LogP contribution in [0.2, 0.25) is 0 Å². The predicted molar refractivity (Wildman–Crippen MR) is 103 cm³/mol. The Hall–Kier alpha value is -1.98. The zero-order valence-corrected chi connectivity index (χ0v) is 15.6. The Bertz CT molecular complexity index is 779. The van der Waals surface area contributed by atoms with Gasteiger partial charge in [0, 0.05) is 55.6 Å². The third kappa shape index (κ3) is 3.67. The van der Waals surface area contributed by atoms with Crippen LogP contribution >= 0.6 is 11.6 Å². The lowest BCUT2D eigenvalue weighted by molar-refractivity contribution is 0.160. The van der Waals surface area contributed by atoms with E-state index in [1.165, 1.54) is 5.56 Å². The van der Waals surface area contributed by atoms with Crippen molar-refractivity contribution in [1.29, 1.82) is 0 Å². The predicted octanol–water partition coefficient (Wildman–Crippen LogP) is 3.58. The minimum atomic E-state index is -0.348.